The quantitative estimate of drug-likeness (QED) is 0.881. The summed E-state index contributed by atoms with van der Waals surface area (Å²) < 4.78 is 1.82. The molecule has 4 heteroatoms. The average molecular weight is 232 g/mol. The Morgan fingerprint density at radius 1 is 1.47 bits per heavy atom. The number of hydrogen-bond acceptors (Lipinski definition) is 2. The normalized spacial score (nSPS) is 12.8. The number of para-hydroxylation sites is 2. The lowest BCUT2D eigenvalue weighted by Gasteiger charge is -2.13. The summed E-state index contributed by atoms with van der Waals surface area (Å²) in [6, 6.07) is 7.08. The smallest absolute Gasteiger partial charge is 0.326 e. The van der Waals surface area contributed by atoms with Gasteiger partial charge in [-0.05, 0) is 25.5 Å². The van der Waals surface area contributed by atoms with Crippen LogP contribution in [0.15, 0.2) is 24.3 Å². The summed E-state index contributed by atoms with van der Waals surface area (Å²) in [4.78, 5) is 15.7. The molecule has 1 aromatic carbocycles. The van der Waals surface area contributed by atoms with Gasteiger partial charge < -0.3 is 9.67 Å². The summed E-state index contributed by atoms with van der Waals surface area (Å²) in [5.74, 6) is 0.0223. The zero-order chi connectivity index (χ0) is 12.4. The van der Waals surface area contributed by atoms with Gasteiger partial charge in [0, 0.05) is 6.42 Å². The first-order valence-electron chi connectivity index (χ1n) is 5.83. The Balaban J connectivity index is 2.63. The van der Waals surface area contributed by atoms with Crippen molar-refractivity contribution in [3.8, 4) is 0 Å². The van der Waals surface area contributed by atoms with Gasteiger partial charge in [-0.2, -0.15) is 0 Å². The maximum absolute atomic E-state index is 11.1. The molecule has 0 radical (unpaired) electrons. The Bertz CT molecular complexity index is 545. The number of carboxylic acid groups (broad SMARTS) is 1. The highest BCUT2D eigenvalue weighted by Gasteiger charge is 2.19. The molecule has 0 fully saturated rings. The fraction of sp³-hybridized carbons (Fsp3) is 0.385. The lowest BCUT2D eigenvalue weighted by molar-refractivity contribution is -0.140. The molecular formula is C13H16N2O2. The largest absolute Gasteiger partial charge is 0.480 e. The van der Waals surface area contributed by atoms with Gasteiger partial charge in [0.25, 0.3) is 0 Å². The molecule has 0 spiro atoms. The number of benzene rings is 1. The molecule has 0 aliphatic carbocycles. The zero-order valence-corrected chi connectivity index (χ0v) is 10.1. The molecule has 1 N–H and O–H groups in total. The van der Waals surface area contributed by atoms with Gasteiger partial charge in [0.2, 0.25) is 0 Å². The summed E-state index contributed by atoms with van der Waals surface area (Å²) in [7, 11) is 0. The SMILES string of the molecule is CCCc1nc2ccccc2n1[C@H](C)C(=O)O. The number of fused-ring (bicyclic) bond motifs is 1. The second-order valence-electron chi connectivity index (χ2n) is 4.15. The predicted octanol–water partition coefficient (Wildman–Crippen LogP) is 2.63. The van der Waals surface area contributed by atoms with E-state index in [2.05, 4.69) is 11.9 Å². The van der Waals surface area contributed by atoms with Crippen molar-refractivity contribution < 1.29 is 9.90 Å². The maximum atomic E-state index is 11.1. The first kappa shape index (κ1) is 11.6. The van der Waals surface area contributed by atoms with Crippen LogP contribution in [0.3, 0.4) is 0 Å². The van der Waals surface area contributed by atoms with E-state index in [0.29, 0.717) is 0 Å². The minimum absolute atomic E-state index is 0.580. The van der Waals surface area contributed by atoms with Crippen molar-refractivity contribution in [1.29, 1.82) is 0 Å². The van der Waals surface area contributed by atoms with E-state index < -0.39 is 12.0 Å². The first-order chi connectivity index (χ1) is 8.15. The summed E-state index contributed by atoms with van der Waals surface area (Å²) in [6.07, 6.45) is 1.75. The minimum Gasteiger partial charge on any atom is -0.480 e. The third kappa shape index (κ3) is 2.02. The number of aryl methyl sites for hydroxylation is 1. The molecule has 0 saturated carbocycles. The van der Waals surface area contributed by atoms with Gasteiger partial charge in [0.15, 0.2) is 0 Å². The lowest BCUT2D eigenvalue weighted by atomic mass is 10.2. The number of imidazole rings is 1. The molecular weight excluding hydrogens is 216 g/mol. The molecule has 0 bridgehead atoms. The van der Waals surface area contributed by atoms with Crippen molar-refractivity contribution >= 4 is 17.0 Å². The van der Waals surface area contributed by atoms with Gasteiger partial charge in [-0.1, -0.05) is 19.1 Å². The molecule has 1 aromatic heterocycles. The van der Waals surface area contributed by atoms with Crippen LogP contribution in [0.2, 0.25) is 0 Å². The summed E-state index contributed by atoms with van der Waals surface area (Å²) in [5.41, 5.74) is 1.76. The second kappa shape index (κ2) is 4.57. The number of carboxylic acids is 1. The van der Waals surface area contributed by atoms with E-state index in [0.717, 1.165) is 29.7 Å². The Hall–Kier alpha value is -1.84. The van der Waals surface area contributed by atoms with E-state index in [1.165, 1.54) is 0 Å². The van der Waals surface area contributed by atoms with Crippen LogP contribution in [0, 0.1) is 0 Å². The third-order valence-corrected chi connectivity index (χ3v) is 2.89. The van der Waals surface area contributed by atoms with E-state index in [-0.39, 0.29) is 0 Å². The molecule has 17 heavy (non-hydrogen) atoms. The molecule has 1 atom stereocenters. The molecule has 0 saturated heterocycles. The van der Waals surface area contributed by atoms with Gasteiger partial charge in [-0.3, -0.25) is 0 Å². The van der Waals surface area contributed by atoms with E-state index >= 15 is 0 Å². The van der Waals surface area contributed by atoms with Crippen molar-refractivity contribution in [3.05, 3.63) is 30.1 Å². The molecule has 0 unspecified atom stereocenters. The van der Waals surface area contributed by atoms with Gasteiger partial charge in [0.05, 0.1) is 11.0 Å². The van der Waals surface area contributed by atoms with Crippen molar-refractivity contribution in [2.45, 2.75) is 32.7 Å². The number of aliphatic carboxylic acids is 1. The van der Waals surface area contributed by atoms with Crippen LogP contribution < -0.4 is 0 Å². The number of hydrogen-bond donors (Lipinski definition) is 1. The first-order valence-corrected chi connectivity index (χ1v) is 5.83. The molecule has 2 rings (SSSR count). The molecule has 4 nitrogen and oxygen atoms in total. The van der Waals surface area contributed by atoms with E-state index in [1.54, 1.807) is 6.92 Å². The van der Waals surface area contributed by atoms with Crippen LogP contribution in [0.1, 0.15) is 32.1 Å². The molecule has 0 aliphatic heterocycles. The van der Waals surface area contributed by atoms with Crippen molar-refractivity contribution in [2.24, 2.45) is 0 Å². The van der Waals surface area contributed by atoms with Gasteiger partial charge >= 0.3 is 5.97 Å². The van der Waals surface area contributed by atoms with E-state index in [1.807, 2.05) is 28.8 Å². The topological polar surface area (TPSA) is 55.1 Å². The molecule has 1 heterocycles. The fourth-order valence-corrected chi connectivity index (χ4v) is 2.04. The highest BCUT2D eigenvalue weighted by molar-refractivity contribution is 5.80. The van der Waals surface area contributed by atoms with E-state index in [9.17, 15) is 4.79 Å². The number of aromatic nitrogens is 2. The fourth-order valence-electron chi connectivity index (χ4n) is 2.04. The van der Waals surface area contributed by atoms with Crippen molar-refractivity contribution in [3.63, 3.8) is 0 Å². The van der Waals surface area contributed by atoms with E-state index in [4.69, 9.17) is 5.11 Å². The minimum atomic E-state index is -0.828. The average Bonchev–Trinajstić information content (AvgIpc) is 2.66. The highest BCUT2D eigenvalue weighted by Crippen LogP contribution is 2.22. The second-order valence-corrected chi connectivity index (χ2v) is 4.15. The monoisotopic (exact) mass is 232 g/mol. The van der Waals surface area contributed by atoms with Crippen LogP contribution in [-0.2, 0) is 11.2 Å². The van der Waals surface area contributed by atoms with Crippen LogP contribution in [0.4, 0.5) is 0 Å². The van der Waals surface area contributed by atoms with Crippen LogP contribution in [0.5, 0.6) is 0 Å². The zero-order valence-electron chi connectivity index (χ0n) is 10.1. The van der Waals surface area contributed by atoms with Gasteiger partial charge in [-0.15, -0.1) is 0 Å². The molecule has 90 valence electrons. The number of nitrogens with zero attached hydrogens (tertiary/aromatic N) is 2. The van der Waals surface area contributed by atoms with Crippen LogP contribution >= 0.6 is 0 Å². The lowest BCUT2D eigenvalue weighted by Crippen LogP contribution is -2.17. The summed E-state index contributed by atoms with van der Waals surface area (Å²) >= 11 is 0. The highest BCUT2D eigenvalue weighted by atomic mass is 16.4. The standard InChI is InChI=1S/C13H16N2O2/c1-3-6-12-14-10-7-4-5-8-11(10)15(12)9(2)13(16)17/h4-5,7-9H,3,6H2,1-2H3,(H,16,17)/t9-/m1/s1. The summed E-state index contributed by atoms with van der Waals surface area (Å²) in [6.45, 7) is 3.75. The third-order valence-electron chi connectivity index (χ3n) is 2.89. The Kier molecular flexibility index (Phi) is 3.13. The molecule has 2 aromatic rings. The van der Waals surface area contributed by atoms with Crippen LogP contribution in [0.25, 0.3) is 11.0 Å². The number of carbonyl (C=O) groups is 1. The molecule has 0 aliphatic rings. The summed E-state index contributed by atoms with van der Waals surface area (Å²) in [5, 5.41) is 9.16. The maximum Gasteiger partial charge on any atom is 0.326 e. The Morgan fingerprint density at radius 2 is 2.18 bits per heavy atom. The van der Waals surface area contributed by atoms with Crippen LogP contribution in [-0.4, -0.2) is 20.6 Å². The van der Waals surface area contributed by atoms with Crippen molar-refractivity contribution in [1.82, 2.24) is 9.55 Å². The van der Waals surface area contributed by atoms with Gasteiger partial charge in [0.1, 0.15) is 11.9 Å². The Morgan fingerprint density at radius 3 is 2.82 bits per heavy atom. The Labute approximate surface area is 99.9 Å². The molecule has 0 amide bonds. The number of rotatable bonds is 4. The van der Waals surface area contributed by atoms with Gasteiger partial charge in [-0.25, -0.2) is 9.78 Å². The predicted molar refractivity (Wildman–Crippen MR) is 66.1 cm³/mol. The van der Waals surface area contributed by atoms with Crippen molar-refractivity contribution in [2.75, 3.05) is 0 Å².